The molecule has 0 saturated carbocycles. The van der Waals surface area contributed by atoms with Crippen molar-refractivity contribution in [2.75, 3.05) is 16.8 Å². The largest absolute Gasteiger partial charge is 0.482 e. The second-order valence-corrected chi connectivity index (χ2v) is 10.1. The number of carbonyl (C=O) groups is 2. The van der Waals surface area contributed by atoms with Gasteiger partial charge in [-0.05, 0) is 66.2 Å². The van der Waals surface area contributed by atoms with Crippen LogP contribution in [-0.4, -0.2) is 22.7 Å². The number of nitrogens with zero attached hydrogens (tertiary/aromatic N) is 1. The Kier molecular flexibility index (Phi) is 8.13. The summed E-state index contributed by atoms with van der Waals surface area (Å²) in [6, 6.07) is 15.7. The van der Waals surface area contributed by atoms with Crippen molar-refractivity contribution in [3.8, 4) is 5.75 Å². The molecule has 190 valence electrons. The fourth-order valence-corrected chi connectivity index (χ4v) is 4.94. The van der Waals surface area contributed by atoms with Gasteiger partial charge in [-0.15, -0.1) is 0 Å². The van der Waals surface area contributed by atoms with Crippen LogP contribution in [0.1, 0.15) is 11.1 Å². The standard InChI is InChI=1S/C25H15Cl2F3N2O3S2/c26-16-5-7-18(8-6-16)32-23(34)21(37-24(32)36)11-14-4-9-20(19(27)10-14)35-13-22(33)31-17-3-1-2-15(12-17)25(28,29)30/h1-12H,13H2,(H,31,33)/b21-11-. The first-order chi connectivity index (χ1) is 17.5. The lowest BCUT2D eigenvalue weighted by Crippen LogP contribution is -2.27. The molecule has 1 aliphatic heterocycles. The highest BCUT2D eigenvalue weighted by Gasteiger charge is 2.33. The topological polar surface area (TPSA) is 58.6 Å². The monoisotopic (exact) mass is 582 g/mol. The summed E-state index contributed by atoms with van der Waals surface area (Å²) in [5.74, 6) is -0.767. The van der Waals surface area contributed by atoms with Crippen molar-refractivity contribution in [1.82, 2.24) is 0 Å². The number of carbonyl (C=O) groups excluding carboxylic acids is 2. The van der Waals surface area contributed by atoms with Crippen LogP contribution in [0.5, 0.6) is 5.75 Å². The minimum Gasteiger partial charge on any atom is -0.482 e. The summed E-state index contributed by atoms with van der Waals surface area (Å²) < 4.78 is 44.3. The van der Waals surface area contributed by atoms with Crippen molar-refractivity contribution in [1.29, 1.82) is 0 Å². The van der Waals surface area contributed by atoms with E-state index in [4.69, 9.17) is 40.2 Å². The summed E-state index contributed by atoms with van der Waals surface area (Å²) in [6.07, 6.45) is -2.90. The summed E-state index contributed by atoms with van der Waals surface area (Å²) in [5.41, 5.74) is 0.304. The van der Waals surface area contributed by atoms with Gasteiger partial charge in [0.1, 0.15) is 5.75 Å². The number of halogens is 5. The number of thiocarbonyl (C=S) groups is 1. The van der Waals surface area contributed by atoms with Crippen LogP contribution >= 0.6 is 47.2 Å². The Morgan fingerprint density at radius 3 is 2.49 bits per heavy atom. The van der Waals surface area contributed by atoms with Crippen LogP contribution in [0.2, 0.25) is 10.0 Å². The lowest BCUT2D eigenvalue weighted by molar-refractivity contribution is -0.137. The highest BCUT2D eigenvalue weighted by Crippen LogP contribution is 2.37. The van der Waals surface area contributed by atoms with Crippen LogP contribution in [0.3, 0.4) is 0 Å². The zero-order chi connectivity index (χ0) is 26.7. The van der Waals surface area contributed by atoms with E-state index in [-0.39, 0.29) is 22.4 Å². The minimum atomic E-state index is -4.53. The molecule has 0 unspecified atom stereocenters. The van der Waals surface area contributed by atoms with Crippen LogP contribution in [0.15, 0.2) is 71.6 Å². The highest BCUT2D eigenvalue weighted by atomic mass is 35.5. The van der Waals surface area contributed by atoms with Gasteiger partial charge in [-0.3, -0.25) is 14.5 Å². The molecule has 1 saturated heterocycles. The van der Waals surface area contributed by atoms with Gasteiger partial charge in [0, 0.05) is 10.7 Å². The van der Waals surface area contributed by atoms with Crippen molar-refractivity contribution in [3.05, 3.63) is 92.8 Å². The van der Waals surface area contributed by atoms with E-state index < -0.39 is 24.3 Å². The third-order valence-electron chi connectivity index (χ3n) is 4.96. The average Bonchev–Trinajstić information content (AvgIpc) is 3.11. The number of hydrogen-bond acceptors (Lipinski definition) is 5. The van der Waals surface area contributed by atoms with Crippen molar-refractivity contribution < 1.29 is 27.5 Å². The van der Waals surface area contributed by atoms with Gasteiger partial charge in [0.15, 0.2) is 10.9 Å². The van der Waals surface area contributed by atoms with Gasteiger partial charge in [0.25, 0.3) is 11.8 Å². The molecule has 1 aliphatic rings. The zero-order valence-corrected chi connectivity index (χ0v) is 21.7. The van der Waals surface area contributed by atoms with Crippen molar-refractivity contribution >= 4 is 80.8 Å². The number of thioether (sulfide) groups is 1. The zero-order valence-electron chi connectivity index (χ0n) is 18.5. The maximum atomic E-state index is 12.9. The summed E-state index contributed by atoms with van der Waals surface area (Å²) >= 11 is 18.7. The normalized spacial score (nSPS) is 14.8. The SMILES string of the molecule is O=C(COc1ccc(/C=C2\SC(=S)N(c3ccc(Cl)cc3)C2=O)cc1Cl)Nc1cccc(C(F)(F)F)c1. The summed E-state index contributed by atoms with van der Waals surface area (Å²) in [4.78, 5) is 26.9. The predicted molar refractivity (Wildman–Crippen MR) is 144 cm³/mol. The van der Waals surface area contributed by atoms with Crippen molar-refractivity contribution in [2.24, 2.45) is 0 Å². The lowest BCUT2D eigenvalue weighted by Gasteiger charge is -2.14. The lowest BCUT2D eigenvalue weighted by atomic mass is 10.2. The van der Waals surface area contributed by atoms with Gasteiger partial charge in [0.2, 0.25) is 0 Å². The highest BCUT2D eigenvalue weighted by molar-refractivity contribution is 8.27. The molecule has 12 heteroatoms. The molecule has 5 nitrogen and oxygen atoms in total. The molecule has 37 heavy (non-hydrogen) atoms. The number of anilines is 2. The quantitative estimate of drug-likeness (QED) is 0.242. The molecule has 0 bridgehead atoms. The van der Waals surface area contributed by atoms with Crippen molar-refractivity contribution in [3.63, 3.8) is 0 Å². The van der Waals surface area contributed by atoms with Crippen LogP contribution in [0.25, 0.3) is 6.08 Å². The number of rotatable bonds is 6. The molecule has 3 aromatic rings. The second kappa shape index (κ2) is 11.1. The van der Waals surface area contributed by atoms with Gasteiger partial charge < -0.3 is 10.1 Å². The summed E-state index contributed by atoms with van der Waals surface area (Å²) in [5, 5.41) is 3.06. The van der Waals surface area contributed by atoms with E-state index in [9.17, 15) is 22.8 Å². The molecule has 2 amide bonds. The molecule has 0 spiro atoms. The van der Waals surface area contributed by atoms with Crippen LogP contribution in [0, 0.1) is 0 Å². The molecule has 0 radical (unpaired) electrons. The first-order valence-electron chi connectivity index (χ1n) is 10.4. The Morgan fingerprint density at radius 2 is 1.81 bits per heavy atom. The number of hydrogen-bond donors (Lipinski definition) is 1. The molecular weight excluding hydrogens is 568 g/mol. The Bertz CT molecular complexity index is 1410. The van der Waals surface area contributed by atoms with Crippen molar-refractivity contribution in [2.45, 2.75) is 6.18 Å². The fourth-order valence-electron chi connectivity index (χ4n) is 3.27. The number of benzene rings is 3. The summed E-state index contributed by atoms with van der Waals surface area (Å²) in [7, 11) is 0. The molecule has 1 fully saturated rings. The van der Waals surface area contributed by atoms with Crippen LogP contribution in [0.4, 0.5) is 24.5 Å². The first kappa shape index (κ1) is 27.0. The number of ether oxygens (including phenoxy) is 1. The predicted octanol–water partition coefficient (Wildman–Crippen LogP) is 7.44. The van der Waals surface area contributed by atoms with E-state index in [2.05, 4.69) is 5.32 Å². The van der Waals surface area contributed by atoms with Gasteiger partial charge in [0.05, 0.1) is 21.2 Å². The third kappa shape index (κ3) is 6.64. The molecule has 1 heterocycles. The van der Waals surface area contributed by atoms with Gasteiger partial charge >= 0.3 is 6.18 Å². The first-order valence-corrected chi connectivity index (χ1v) is 12.4. The number of nitrogens with one attached hydrogen (secondary N) is 1. The van der Waals surface area contributed by atoms with E-state index in [1.165, 1.54) is 23.1 Å². The molecule has 0 atom stereocenters. The Labute approximate surface area is 229 Å². The maximum absolute atomic E-state index is 12.9. The Morgan fingerprint density at radius 1 is 1.08 bits per heavy atom. The van der Waals surface area contributed by atoms with Gasteiger partial charge in [-0.25, -0.2) is 0 Å². The third-order valence-corrected chi connectivity index (χ3v) is 6.81. The fraction of sp³-hybridized carbons (Fsp3) is 0.0800. The van der Waals surface area contributed by atoms with E-state index in [1.807, 2.05) is 0 Å². The molecule has 3 aromatic carbocycles. The van der Waals surface area contributed by atoms with Crippen LogP contribution < -0.4 is 15.0 Å². The molecule has 4 rings (SSSR count). The molecule has 1 N–H and O–H groups in total. The van der Waals surface area contributed by atoms with Gasteiger partial charge in [-0.2, -0.15) is 13.2 Å². The van der Waals surface area contributed by atoms with E-state index >= 15 is 0 Å². The van der Waals surface area contributed by atoms with E-state index in [1.54, 1.807) is 42.5 Å². The summed E-state index contributed by atoms with van der Waals surface area (Å²) in [6.45, 7) is -0.477. The molecule has 0 aliphatic carbocycles. The molecule has 0 aromatic heterocycles. The van der Waals surface area contributed by atoms with E-state index in [0.29, 0.717) is 25.5 Å². The van der Waals surface area contributed by atoms with E-state index in [0.717, 1.165) is 23.9 Å². The Balaban J connectivity index is 1.40. The average molecular weight is 583 g/mol. The smallest absolute Gasteiger partial charge is 0.416 e. The maximum Gasteiger partial charge on any atom is 0.416 e. The number of amides is 2. The second-order valence-electron chi connectivity index (χ2n) is 7.60. The number of alkyl halides is 3. The van der Waals surface area contributed by atoms with Gasteiger partial charge in [-0.1, -0.05) is 59.3 Å². The minimum absolute atomic E-state index is 0.0132. The Hall–Kier alpha value is -3.05. The van der Waals surface area contributed by atoms with Crippen LogP contribution in [-0.2, 0) is 15.8 Å². The molecular formula is C25H15Cl2F3N2O3S2.